The third-order valence-corrected chi connectivity index (χ3v) is 10.5. The molecule has 0 aliphatic carbocycles. The lowest BCUT2D eigenvalue weighted by Crippen LogP contribution is -2.47. The molecule has 0 saturated carbocycles. The van der Waals surface area contributed by atoms with Gasteiger partial charge in [-0.1, -0.05) is 152 Å². The summed E-state index contributed by atoms with van der Waals surface area (Å²) in [5.74, 6) is -0.509. The molecule has 302 valence electrons. The van der Waals surface area contributed by atoms with Crippen LogP contribution in [0.3, 0.4) is 0 Å². The Hall–Kier alpha value is -6.10. The number of rotatable bonds is 16. The number of carbonyl (C=O) groups is 2. The van der Waals surface area contributed by atoms with Crippen molar-refractivity contribution in [3.8, 4) is 11.1 Å². The van der Waals surface area contributed by atoms with E-state index in [-0.39, 0.29) is 25.4 Å². The van der Waals surface area contributed by atoms with Gasteiger partial charge in [0.2, 0.25) is 0 Å². The SMILES string of the molecule is COC(=O)[C@H](Cc1ccccc1)NC(=O)NCc1cccc(-c2cccc([C@@H]3O[C@H](CN(Cc4ccccc4)Cc4ccccc4)C[C@H](c4ccc(CO)cc4)O3)c2)c1. The molecule has 59 heavy (non-hydrogen) atoms. The molecule has 1 aliphatic heterocycles. The normalized spacial score (nSPS) is 16.9. The molecule has 0 unspecified atom stereocenters. The van der Waals surface area contributed by atoms with Crippen molar-refractivity contribution in [3.05, 3.63) is 203 Å². The van der Waals surface area contributed by atoms with E-state index in [2.05, 4.69) is 76.2 Å². The van der Waals surface area contributed by atoms with Crippen LogP contribution in [0.2, 0.25) is 0 Å². The number of amides is 2. The zero-order valence-electron chi connectivity index (χ0n) is 33.3. The average Bonchev–Trinajstić information content (AvgIpc) is 3.29. The second-order valence-electron chi connectivity index (χ2n) is 14.9. The van der Waals surface area contributed by atoms with E-state index in [9.17, 15) is 14.7 Å². The minimum atomic E-state index is -0.824. The summed E-state index contributed by atoms with van der Waals surface area (Å²) < 4.78 is 18.6. The van der Waals surface area contributed by atoms with Gasteiger partial charge in [0, 0.05) is 44.6 Å². The number of aliphatic hydroxyl groups excluding tert-OH is 1. The Labute approximate surface area is 346 Å². The Balaban J connectivity index is 1.07. The molecule has 1 heterocycles. The molecular formula is C50H51N3O6. The van der Waals surface area contributed by atoms with Gasteiger partial charge in [0.15, 0.2) is 6.29 Å². The fourth-order valence-corrected chi connectivity index (χ4v) is 7.49. The summed E-state index contributed by atoms with van der Waals surface area (Å²) in [5.41, 5.74) is 9.04. The van der Waals surface area contributed by atoms with Crippen molar-refractivity contribution in [3.63, 3.8) is 0 Å². The van der Waals surface area contributed by atoms with Crippen molar-refractivity contribution in [1.82, 2.24) is 15.5 Å². The number of urea groups is 1. The third-order valence-electron chi connectivity index (χ3n) is 10.5. The second-order valence-corrected chi connectivity index (χ2v) is 14.9. The van der Waals surface area contributed by atoms with E-state index in [0.717, 1.165) is 52.0 Å². The number of nitrogens with zero attached hydrogens (tertiary/aromatic N) is 1. The summed E-state index contributed by atoms with van der Waals surface area (Å²) in [5, 5.41) is 15.4. The number of ether oxygens (including phenoxy) is 3. The molecule has 9 nitrogen and oxygen atoms in total. The van der Waals surface area contributed by atoms with Crippen LogP contribution in [0.15, 0.2) is 164 Å². The van der Waals surface area contributed by atoms with Crippen molar-refractivity contribution in [2.75, 3.05) is 13.7 Å². The first-order valence-corrected chi connectivity index (χ1v) is 20.1. The number of esters is 1. The zero-order valence-corrected chi connectivity index (χ0v) is 33.3. The van der Waals surface area contributed by atoms with Gasteiger partial charge in [0.1, 0.15) is 6.04 Å². The topological polar surface area (TPSA) is 109 Å². The number of nitrogens with one attached hydrogen (secondary N) is 2. The van der Waals surface area contributed by atoms with Gasteiger partial charge < -0.3 is 30.0 Å². The molecule has 3 N–H and O–H groups in total. The predicted octanol–water partition coefficient (Wildman–Crippen LogP) is 8.68. The minimum Gasteiger partial charge on any atom is -0.467 e. The van der Waals surface area contributed by atoms with Crippen molar-refractivity contribution in [2.24, 2.45) is 0 Å². The maximum absolute atomic E-state index is 13.0. The smallest absolute Gasteiger partial charge is 0.328 e. The van der Waals surface area contributed by atoms with Crippen LogP contribution >= 0.6 is 0 Å². The molecule has 1 fully saturated rings. The minimum absolute atomic E-state index is 0.0179. The van der Waals surface area contributed by atoms with E-state index in [1.807, 2.05) is 103 Å². The highest BCUT2D eigenvalue weighted by molar-refractivity contribution is 5.83. The number of hydrogen-bond acceptors (Lipinski definition) is 7. The maximum Gasteiger partial charge on any atom is 0.328 e. The van der Waals surface area contributed by atoms with Crippen LogP contribution < -0.4 is 10.6 Å². The van der Waals surface area contributed by atoms with Crippen LogP contribution in [0.5, 0.6) is 0 Å². The van der Waals surface area contributed by atoms with E-state index in [1.54, 1.807) is 0 Å². The van der Waals surface area contributed by atoms with Crippen LogP contribution in [0.1, 0.15) is 57.8 Å². The van der Waals surface area contributed by atoms with Crippen molar-refractivity contribution < 1.29 is 28.9 Å². The summed E-state index contributed by atoms with van der Waals surface area (Å²) in [4.78, 5) is 27.9. The van der Waals surface area contributed by atoms with E-state index in [4.69, 9.17) is 14.2 Å². The summed E-state index contributed by atoms with van der Waals surface area (Å²) in [6.45, 7) is 2.49. The summed E-state index contributed by atoms with van der Waals surface area (Å²) in [6.07, 6.45) is -0.00184. The molecule has 4 atom stereocenters. The van der Waals surface area contributed by atoms with Gasteiger partial charge in [-0.2, -0.15) is 0 Å². The summed E-state index contributed by atoms with van der Waals surface area (Å²) >= 11 is 0. The molecule has 0 aromatic heterocycles. The Morgan fingerprint density at radius 2 is 1.27 bits per heavy atom. The average molecular weight is 790 g/mol. The Kier molecular flexibility index (Phi) is 14.3. The number of aliphatic hydroxyl groups is 1. The van der Waals surface area contributed by atoms with Crippen molar-refractivity contribution in [1.29, 1.82) is 0 Å². The van der Waals surface area contributed by atoms with Gasteiger partial charge in [-0.05, 0) is 56.6 Å². The quantitative estimate of drug-likeness (QED) is 0.0843. The predicted molar refractivity (Wildman–Crippen MR) is 229 cm³/mol. The van der Waals surface area contributed by atoms with E-state index in [1.165, 1.54) is 18.2 Å². The highest BCUT2D eigenvalue weighted by Crippen LogP contribution is 2.39. The monoisotopic (exact) mass is 789 g/mol. The van der Waals surface area contributed by atoms with Gasteiger partial charge in [0.25, 0.3) is 0 Å². The Bertz CT molecular complexity index is 2200. The van der Waals surface area contributed by atoms with Gasteiger partial charge in [-0.25, -0.2) is 9.59 Å². The van der Waals surface area contributed by atoms with Gasteiger partial charge in [0.05, 0.1) is 25.9 Å². The highest BCUT2D eigenvalue weighted by atomic mass is 16.7. The summed E-state index contributed by atoms with van der Waals surface area (Å²) in [7, 11) is 1.31. The van der Waals surface area contributed by atoms with E-state index >= 15 is 0 Å². The molecule has 0 spiro atoms. The first-order valence-electron chi connectivity index (χ1n) is 20.1. The third kappa shape index (κ3) is 11.7. The molecular weight excluding hydrogens is 739 g/mol. The van der Waals surface area contributed by atoms with Crippen LogP contribution in [-0.4, -0.2) is 47.8 Å². The fraction of sp³-hybridized carbons (Fsp3) is 0.240. The van der Waals surface area contributed by atoms with Crippen LogP contribution in [-0.2, 0) is 51.7 Å². The largest absolute Gasteiger partial charge is 0.467 e. The van der Waals surface area contributed by atoms with E-state index in [0.29, 0.717) is 19.4 Å². The molecule has 9 heteroatoms. The zero-order chi connectivity index (χ0) is 40.8. The number of carbonyl (C=O) groups excluding carboxylic acids is 2. The van der Waals surface area contributed by atoms with Crippen molar-refractivity contribution in [2.45, 2.75) is 63.6 Å². The van der Waals surface area contributed by atoms with Crippen LogP contribution in [0, 0.1) is 0 Å². The van der Waals surface area contributed by atoms with E-state index < -0.39 is 24.3 Å². The second kappa shape index (κ2) is 20.5. The van der Waals surface area contributed by atoms with Gasteiger partial charge in [-0.3, -0.25) is 4.90 Å². The van der Waals surface area contributed by atoms with Crippen molar-refractivity contribution >= 4 is 12.0 Å². The Morgan fingerprint density at radius 1 is 0.678 bits per heavy atom. The Morgan fingerprint density at radius 3 is 1.90 bits per heavy atom. The van der Waals surface area contributed by atoms with Crippen LogP contribution in [0.25, 0.3) is 11.1 Å². The maximum atomic E-state index is 13.0. The lowest BCUT2D eigenvalue weighted by molar-refractivity contribution is -0.253. The molecule has 0 radical (unpaired) electrons. The lowest BCUT2D eigenvalue weighted by Gasteiger charge is -2.38. The highest BCUT2D eigenvalue weighted by Gasteiger charge is 2.33. The number of hydrogen-bond donors (Lipinski definition) is 3. The number of benzene rings is 6. The number of methoxy groups -OCH3 is 1. The first-order chi connectivity index (χ1) is 28.9. The van der Waals surface area contributed by atoms with Gasteiger partial charge in [-0.15, -0.1) is 0 Å². The summed E-state index contributed by atoms with van der Waals surface area (Å²) in [6, 6.07) is 53.5. The molecule has 6 aromatic carbocycles. The lowest BCUT2D eigenvalue weighted by atomic mass is 9.98. The first kappa shape index (κ1) is 41.1. The molecule has 1 saturated heterocycles. The molecule has 0 bridgehead atoms. The van der Waals surface area contributed by atoms with Gasteiger partial charge >= 0.3 is 12.0 Å². The molecule has 7 rings (SSSR count). The molecule has 6 aromatic rings. The van der Waals surface area contributed by atoms with Crippen LogP contribution in [0.4, 0.5) is 4.79 Å². The molecule has 1 aliphatic rings. The standard InChI is InChI=1S/C50H51N3O6/c1-57-48(55)46(28-36-13-5-2-6-14-36)52-50(56)51-31-40-19-11-20-42(27-40)43-21-12-22-44(29-43)49-58-45(30-47(59-49)41-25-23-39(35-54)24-26-41)34-53(32-37-15-7-3-8-16-37)33-38-17-9-4-10-18-38/h2-27,29,45-47,49,54H,28,30-35H2,1H3,(H2,51,52,56)/t45-,46-,47+,49+/m0/s1. The molecule has 2 amide bonds. The fourth-order valence-electron chi connectivity index (χ4n) is 7.49.